The molecule has 6 heteroatoms. The summed E-state index contributed by atoms with van der Waals surface area (Å²) in [6, 6.07) is 0.123. The van der Waals surface area contributed by atoms with E-state index >= 15 is 0 Å². The Balaban J connectivity index is 1.48. The third kappa shape index (κ3) is 3.98. The molecule has 0 bridgehead atoms. The third-order valence-corrected chi connectivity index (χ3v) is 5.60. The lowest BCUT2D eigenvalue weighted by Gasteiger charge is -2.44. The molecule has 6 nitrogen and oxygen atoms in total. The van der Waals surface area contributed by atoms with Gasteiger partial charge in [-0.2, -0.15) is 0 Å². The summed E-state index contributed by atoms with van der Waals surface area (Å²) < 4.78 is 11.1. The number of carbonyl (C=O) groups excluding carboxylic acids is 1. The van der Waals surface area contributed by atoms with Gasteiger partial charge in [0.15, 0.2) is 0 Å². The van der Waals surface area contributed by atoms with E-state index in [-0.39, 0.29) is 23.7 Å². The highest BCUT2D eigenvalue weighted by atomic mass is 16.5. The standard InChI is InChI=1S/C17H31N3O3/c1-14(12-23-15-4-11-22-13-15)18-16(21)20-8-3-5-17(20)6-9-19(2)10-7-17/h14-15H,3-13H2,1-2H3,(H,18,21)/t14-,15+/m0/s1. The Bertz CT molecular complexity index is 404. The Morgan fingerprint density at radius 2 is 2.13 bits per heavy atom. The zero-order valence-electron chi connectivity index (χ0n) is 14.6. The fraction of sp³-hybridized carbons (Fsp3) is 0.941. The Hall–Kier alpha value is -0.850. The molecule has 0 aromatic heterocycles. The first-order valence-corrected chi connectivity index (χ1v) is 9.05. The molecule has 1 spiro atoms. The number of rotatable bonds is 4. The predicted molar refractivity (Wildman–Crippen MR) is 88.6 cm³/mol. The number of piperidine rings is 1. The average molecular weight is 325 g/mol. The second-order valence-electron chi connectivity index (χ2n) is 7.45. The molecule has 132 valence electrons. The fourth-order valence-electron chi connectivity index (χ4n) is 4.07. The zero-order chi connectivity index (χ0) is 16.3. The van der Waals surface area contributed by atoms with Crippen LogP contribution in [0, 0.1) is 0 Å². The highest BCUT2D eigenvalue weighted by Crippen LogP contribution is 2.38. The van der Waals surface area contributed by atoms with E-state index < -0.39 is 0 Å². The molecule has 0 saturated carbocycles. The van der Waals surface area contributed by atoms with Crippen LogP contribution in [0.3, 0.4) is 0 Å². The summed E-state index contributed by atoms with van der Waals surface area (Å²) in [5.41, 5.74) is 0.0937. The number of hydrogen-bond donors (Lipinski definition) is 1. The minimum Gasteiger partial charge on any atom is -0.379 e. The lowest BCUT2D eigenvalue weighted by molar-refractivity contribution is 0.0310. The Kier molecular flexibility index (Phi) is 5.44. The zero-order valence-corrected chi connectivity index (χ0v) is 14.6. The molecule has 3 rings (SSSR count). The maximum absolute atomic E-state index is 12.7. The van der Waals surface area contributed by atoms with E-state index in [1.54, 1.807) is 0 Å². The minimum absolute atomic E-state index is 0.0343. The van der Waals surface area contributed by atoms with Crippen molar-refractivity contribution in [3.05, 3.63) is 0 Å². The molecule has 0 radical (unpaired) electrons. The first-order chi connectivity index (χ1) is 11.1. The summed E-state index contributed by atoms with van der Waals surface area (Å²) in [7, 11) is 2.17. The van der Waals surface area contributed by atoms with Crippen molar-refractivity contribution in [1.82, 2.24) is 15.1 Å². The molecule has 0 aromatic carbocycles. The highest BCUT2D eigenvalue weighted by Gasteiger charge is 2.45. The predicted octanol–water partition coefficient (Wildman–Crippen LogP) is 1.45. The van der Waals surface area contributed by atoms with Crippen LogP contribution in [0.1, 0.15) is 39.0 Å². The second kappa shape index (κ2) is 7.36. The van der Waals surface area contributed by atoms with Gasteiger partial charge in [0.1, 0.15) is 0 Å². The van der Waals surface area contributed by atoms with Gasteiger partial charge in [-0.1, -0.05) is 0 Å². The summed E-state index contributed by atoms with van der Waals surface area (Å²) in [5, 5.41) is 3.14. The van der Waals surface area contributed by atoms with Crippen LogP contribution in [0.4, 0.5) is 4.79 Å². The third-order valence-electron chi connectivity index (χ3n) is 5.60. The van der Waals surface area contributed by atoms with E-state index in [9.17, 15) is 4.79 Å². The lowest BCUT2D eigenvalue weighted by Crippen LogP contribution is -2.57. The minimum atomic E-state index is 0.0343. The first-order valence-electron chi connectivity index (χ1n) is 9.05. The number of carbonyl (C=O) groups is 1. The van der Waals surface area contributed by atoms with Gasteiger partial charge in [-0.25, -0.2) is 4.79 Å². The van der Waals surface area contributed by atoms with Crippen LogP contribution in [-0.4, -0.2) is 80.0 Å². The molecule has 0 aromatic rings. The smallest absolute Gasteiger partial charge is 0.318 e. The molecule has 3 aliphatic heterocycles. The average Bonchev–Trinajstić information content (AvgIpc) is 3.18. The van der Waals surface area contributed by atoms with Gasteiger partial charge in [0, 0.05) is 31.8 Å². The number of amides is 2. The van der Waals surface area contributed by atoms with E-state index in [2.05, 4.69) is 22.2 Å². The summed E-state index contributed by atoms with van der Waals surface area (Å²) in [5.74, 6) is 0. The molecule has 0 unspecified atom stereocenters. The molecular formula is C17H31N3O3. The molecule has 2 amide bonds. The van der Waals surface area contributed by atoms with E-state index in [1.165, 1.54) is 0 Å². The van der Waals surface area contributed by atoms with Crippen molar-refractivity contribution in [2.24, 2.45) is 0 Å². The van der Waals surface area contributed by atoms with Crippen LogP contribution in [0.15, 0.2) is 0 Å². The molecule has 3 saturated heterocycles. The molecule has 3 heterocycles. The van der Waals surface area contributed by atoms with Crippen molar-refractivity contribution >= 4 is 6.03 Å². The van der Waals surface area contributed by atoms with Crippen molar-refractivity contribution < 1.29 is 14.3 Å². The van der Waals surface area contributed by atoms with Gasteiger partial charge in [0.2, 0.25) is 0 Å². The monoisotopic (exact) mass is 325 g/mol. The van der Waals surface area contributed by atoms with Gasteiger partial charge < -0.3 is 24.6 Å². The number of urea groups is 1. The van der Waals surface area contributed by atoms with E-state index in [0.29, 0.717) is 13.2 Å². The second-order valence-corrected chi connectivity index (χ2v) is 7.45. The molecule has 1 N–H and O–H groups in total. The number of hydrogen-bond acceptors (Lipinski definition) is 4. The van der Waals surface area contributed by atoms with Crippen LogP contribution >= 0.6 is 0 Å². The maximum Gasteiger partial charge on any atom is 0.318 e. The van der Waals surface area contributed by atoms with Crippen LogP contribution in [0.2, 0.25) is 0 Å². The van der Waals surface area contributed by atoms with Crippen molar-refractivity contribution in [2.45, 2.75) is 56.7 Å². The molecule has 3 fully saturated rings. The number of likely N-dealkylation sites (tertiary alicyclic amines) is 2. The van der Waals surface area contributed by atoms with E-state index in [4.69, 9.17) is 9.47 Å². The quantitative estimate of drug-likeness (QED) is 0.850. The lowest BCUT2D eigenvalue weighted by atomic mass is 9.85. The van der Waals surface area contributed by atoms with Gasteiger partial charge >= 0.3 is 6.03 Å². The van der Waals surface area contributed by atoms with Gasteiger partial charge in [-0.15, -0.1) is 0 Å². The number of nitrogens with zero attached hydrogens (tertiary/aromatic N) is 2. The molecule has 23 heavy (non-hydrogen) atoms. The van der Waals surface area contributed by atoms with Gasteiger partial charge in [0.25, 0.3) is 0 Å². The van der Waals surface area contributed by atoms with Crippen molar-refractivity contribution in [3.63, 3.8) is 0 Å². The summed E-state index contributed by atoms with van der Waals surface area (Å²) >= 11 is 0. The van der Waals surface area contributed by atoms with Crippen LogP contribution in [0.25, 0.3) is 0 Å². The number of ether oxygens (including phenoxy) is 2. The van der Waals surface area contributed by atoms with E-state index in [0.717, 1.165) is 58.3 Å². The number of nitrogens with one attached hydrogen (secondary N) is 1. The molecule has 0 aliphatic carbocycles. The first kappa shape index (κ1) is 17.0. The highest BCUT2D eigenvalue weighted by molar-refractivity contribution is 5.75. The summed E-state index contributed by atoms with van der Waals surface area (Å²) in [6.45, 7) is 7.11. The summed E-state index contributed by atoms with van der Waals surface area (Å²) in [4.78, 5) is 17.2. The maximum atomic E-state index is 12.7. The summed E-state index contributed by atoms with van der Waals surface area (Å²) in [6.07, 6.45) is 5.63. The van der Waals surface area contributed by atoms with Crippen LogP contribution in [-0.2, 0) is 9.47 Å². The fourth-order valence-corrected chi connectivity index (χ4v) is 4.07. The Morgan fingerprint density at radius 1 is 1.35 bits per heavy atom. The van der Waals surface area contributed by atoms with Crippen molar-refractivity contribution in [2.75, 3.05) is 46.5 Å². The van der Waals surface area contributed by atoms with Gasteiger partial charge in [-0.3, -0.25) is 0 Å². The van der Waals surface area contributed by atoms with E-state index in [1.807, 2.05) is 6.92 Å². The van der Waals surface area contributed by atoms with Gasteiger partial charge in [-0.05, 0) is 46.1 Å². The molecular weight excluding hydrogens is 294 g/mol. The largest absolute Gasteiger partial charge is 0.379 e. The van der Waals surface area contributed by atoms with Crippen LogP contribution < -0.4 is 5.32 Å². The van der Waals surface area contributed by atoms with Crippen molar-refractivity contribution in [3.8, 4) is 0 Å². The SMILES string of the molecule is C[C@@H](CO[C@@H]1CCOC1)NC(=O)N1CCCC12CCN(C)CC2. The van der Waals surface area contributed by atoms with Crippen molar-refractivity contribution in [1.29, 1.82) is 0 Å². The Morgan fingerprint density at radius 3 is 2.83 bits per heavy atom. The molecule has 3 aliphatic rings. The Labute approximate surface area is 139 Å². The topological polar surface area (TPSA) is 54.0 Å². The normalized spacial score (nSPS) is 29.1. The molecule has 2 atom stereocenters. The van der Waals surface area contributed by atoms with Gasteiger partial charge in [0.05, 0.1) is 25.4 Å². The van der Waals surface area contributed by atoms with Crippen LogP contribution in [0.5, 0.6) is 0 Å².